The summed E-state index contributed by atoms with van der Waals surface area (Å²) >= 11 is 0. The van der Waals surface area contributed by atoms with Crippen LogP contribution in [0.3, 0.4) is 0 Å². The summed E-state index contributed by atoms with van der Waals surface area (Å²) in [5.74, 6) is 0. The molecule has 0 heterocycles. The molecule has 0 aromatic heterocycles. The first-order valence-corrected chi connectivity index (χ1v) is 2.18. The van der Waals surface area contributed by atoms with Crippen molar-refractivity contribution in [2.75, 3.05) is 0 Å². The van der Waals surface area contributed by atoms with Crippen molar-refractivity contribution in [1.29, 1.82) is 0 Å². The predicted molar refractivity (Wildman–Crippen MR) is 32.1 cm³/mol. The smallest absolute Gasteiger partial charge is 0.0855 e. The van der Waals surface area contributed by atoms with E-state index in [-0.39, 0.29) is 0 Å². The number of allylic oxidation sites excluding steroid dienone is 2. The quantitative estimate of drug-likeness (QED) is 0.384. The summed E-state index contributed by atoms with van der Waals surface area (Å²) in [6, 6.07) is 0. The Hall–Kier alpha value is -0.790. The van der Waals surface area contributed by atoms with E-state index in [9.17, 15) is 0 Å². The minimum atomic E-state index is 0.947. The molecule has 0 spiro atoms. The van der Waals surface area contributed by atoms with Gasteiger partial charge in [-0.1, -0.05) is 6.08 Å². The van der Waals surface area contributed by atoms with Gasteiger partial charge >= 0.3 is 0 Å². The Kier molecular flexibility index (Phi) is 3.02. The molecule has 0 aromatic carbocycles. The molecule has 0 atom stereocenters. The molecule has 7 heavy (non-hydrogen) atoms. The van der Waals surface area contributed by atoms with Crippen LogP contribution >= 0.6 is 0 Å². The van der Waals surface area contributed by atoms with Gasteiger partial charge in [-0.15, -0.1) is 0 Å². The average molecular weight is 98.1 g/mol. The van der Waals surface area contributed by atoms with Crippen LogP contribution < -0.4 is 5.73 Å². The van der Waals surface area contributed by atoms with E-state index in [1.807, 2.05) is 19.9 Å². The average Bonchev–Trinajstić information content (AvgIpc) is 1.68. The zero-order valence-electron chi connectivity index (χ0n) is 4.68. The first-order valence-electron chi connectivity index (χ1n) is 2.18. The highest BCUT2D eigenvalue weighted by molar-refractivity contribution is 5.53. The molecule has 0 unspecified atom stereocenters. The first kappa shape index (κ1) is 6.21. The SMILES string of the molecule is C/C=C(C)\N=C/N. The summed E-state index contributed by atoms with van der Waals surface area (Å²) in [6.45, 7) is 3.81. The normalized spacial score (nSPS) is 13.1. The molecule has 0 aliphatic heterocycles. The summed E-state index contributed by atoms with van der Waals surface area (Å²) in [5.41, 5.74) is 5.92. The van der Waals surface area contributed by atoms with Gasteiger partial charge in [-0.25, -0.2) is 4.99 Å². The highest BCUT2D eigenvalue weighted by Crippen LogP contribution is 1.88. The number of aliphatic imine (C=N–C) groups is 1. The van der Waals surface area contributed by atoms with Gasteiger partial charge in [-0.3, -0.25) is 0 Å². The Balaban J connectivity index is 3.58. The largest absolute Gasteiger partial charge is 0.390 e. The van der Waals surface area contributed by atoms with Gasteiger partial charge in [0.2, 0.25) is 0 Å². The van der Waals surface area contributed by atoms with Crippen LogP contribution in [0.4, 0.5) is 0 Å². The van der Waals surface area contributed by atoms with E-state index in [4.69, 9.17) is 5.73 Å². The molecule has 0 radical (unpaired) electrons. The first-order chi connectivity index (χ1) is 3.31. The lowest BCUT2D eigenvalue weighted by atomic mass is 10.5. The third kappa shape index (κ3) is 3.03. The van der Waals surface area contributed by atoms with E-state index in [0.29, 0.717) is 0 Å². The summed E-state index contributed by atoms with van der Waals surface area (Å²) in [4.78, 5) is 3.76. The molecule has 0 aliphatic rings. The molecular formula is C5H10N2. The molecule has 0 saturated carbocycles. The molecule has 0 rings (SSSR count). The van der Waals surface area contributed by atoms with Crippen molar-refractivity contribution in [3.63, 3.8) is 0 Å². The monoisotopic (exact) mass is 98.1 g/mol. The maximum atomic E-state index is 4.97. The maximum Gasteiger partial charge on any atom is 0.0855 e. The predicted octanol–water partition coefficient (Wildman–Crippen LogP) is 0.897. The highest BCUT2D eigenvalue weighted by Gasteiger charge is 1.70. The maximum absolute atomic E-state index is 4.97. The molecule has 0 saturated heterocycles. The summed E-state index contributed by atoms with van der Waals surface area (Å²) in [6.07, 6.45) is 3.18. The van der Waals surface area contributed by atoms with Crippen LogP contribution in [0.1, 0.15) is 13.8 Å². The van der Waals surface area contributed by atoms with Crippen molar-refractivity contribution in [2.24, 2.45) is 10.7 Å². The van der Waals surface area contributed by atoms with Gasteiger partial charge < -0.3 is 5.73 Å². The molecular weight excluding hydrogens is 88.1 g/mol. The summed E-state index contributed by atoms with van der Waals surface area (Å²) in [5, 5.41) is 0. The zero-order valence-corrected chi connectivity index (χ0v) is 4.68. The highest BCUT2D eigenvalue weighted by atomic mass is 14.8. The van der Waals surface area contributed by atoms with Crippen LogP contribution in [0.25, 0.3) is 0 Å². The molecule has 2 nitrogen and oxygen atoms in total. The Bertz CT molecular complexity index is 92.3. The summed E-state index contributed by atoms with van der Waals surface area (Å²) < 4.78 is 0. The Morgan fingerprint density at radius 2 is 2.29 bits per heavy atom. The van der Waals surface area contributed by atoms with Crippen LogP contribution in [-0.4, -0.2) is 6.34 Å². The summed E-state index contributed by atoms with van der Waals surface area (Å²) in [7, 11) is 0. The van der Waals surface area contributed by atoms with E-state index in [1.165, 1.54) is 6.34 Å². The second-order valence-corrected chi connectivity index (χ2v) is 1.21. The molecule has 0 amide bonds. The molecule has 2 heteroatoms. The van der Waals surface area contributed by atoms with Crippen molar-refractivity contribution in [2.45, 2.75) is 13.8 Å². The lowest BCUT2D eigenvalue weighted by molar-refractivity contribution is 1.29. The zero-order chi connectivity index (χ0) is 5.70. The topological polar surface area (TPSA) is 38.4 Å². The van der Waals surface area contributed by atoms with Crippen LogP contribution in [0.15, 0.2) is 16.8 Å². The van der Waals surface area contributed by atoms with E-state index in [1.54, 1.807) is 0 Å². The van der Waals surface area contributed by atoms with Gasteiger partial charge in [0.05, 0.1) is 6.34 Å². The lowest BCUT2D eigenvalue weighted by Crippen LogP contribution is -1.87. The number of hydrogen-bond donors (Lipinski definition) is 1. The van der Waals surface area contributed by atoms with Gasteiger partial charge in [0, 0.05) is 5.70 Å². The molecule has 2 N–H and O–H groups in total. The lowest BCUT2D eigenvalue weighted by Gasteiger charge is -1.81. The fraction of sp³-hybridized carbons (Fsp3) is 0.400. The molecule has 0 fully saturated rings. The standard InChI is InChI=1S/C5H10N2/c1-3-5(2)7-4-6/h3-4H,1-2H3,(H2,6,7)/b5-3-. The molecule has 0 bridgehead atoms. The van der Waals surface area contributed by atoms with E-state index >= 15 is 0 Å². The second kappa shape index (κ2) is 3.40. The van der Waals surface area contributed by atoms with Crippen LogP contribution in [0, 0.1) is 0 Å². The number of hydrogen-bond acceptors (Lipinski definition) is 1. The fourth-order valence-corrected chi connectivity index (χ4v) is 0.192. The number of rotatable bonds is 1. The molecule has 40 valence electrons. The van der Waals surface area contributed by atoms with Gasteiger partial charge in [0.1, 0.15) is 0 Å². The van der Waals surface area contributed by atoms with Crippen molar-refractivity contribution in [3.05, 3.63) is 11.8 Å². The van der Waals surface area contributed by atoms with Gasteiger partial charge in [-0.2, -0.15) is 0 Å². The van der Waals surface area contributed by atoms with Gasteiger partial charge in [0.15, 0.2) is 0 Å². The second-order valence-electron chi connectivity index (χ2n) is 1.21. The number of nitrogens with zero attached hydrogens (tertiary/aromatic N) is 1. The van der Waals surface area contributed by atoms with Crippen molar-refractivity contribution < 1.29 is 0 Å². The molecule has 0 aliphatic carbocycles. The number of nitrogens with two attached hydrogens (primary N) is 1. The van der Waals surface area contributed by atoms with Crippen LogP contribution in [0.2, 0.25) is 0 Å². The van der Waals surface area contributed by atoms with Gasteiger partial charge in [-0.05, 0) is 13.8 Å². The molecule has 0 aromatic rings. The third-order valence-electron chi connectivity index (χ3n) is 0.696. The van der Waals surface area contributed by atoms with Crippen molar-refractivity contribution >= 4 is 6.34 Å². The van der Waals surface area contributed by atoms with Crippen LogP contribution in [0.5, 0.6) is 0 Å². The minimum absolute atomic E-state index is 0.947. The fourth-order valence-electron chi connectivity index (χ4n) is 0.192. The van der Waals surface area contributed by atoms with Crippen molar-refractivity contribution in [1.82, 2.24) is 0 Å². The Morgan fingerprint density at radius 3 is 2.43 bits per heavy atom. The van der Waals surface area contributed by atoms with E-state index in [2.05, 4.69) is 4.99 Å². The van der Waals surface area contributed by atoms with E-state index < -0.39 is 0 Å². The van der Waals surface area contributed by atoms with Crippen LogP contribution in [-0.2, 0) is 0 Å². The Morgan fingerprint density at radius 1 is 1.71 bits per heavy atom. The minimum Gasteiger partial charge on any atom is -0.390 e. The van der Waals surface area contributed by atoms with Gasteiger partial charge in [0.25, 0.3) is 0 Å². The van der Waals surface area contributed by atoms with E-state index in [0.717, 1.165) is 5.70 Å². The van der Waals surface area contributed by atoms with Crippen molar-refractivity contribution in [3.8, 4) is 0 Å². The third-order valence-corrected chi connectivity index (χ3v) is 0.696. The Labute approximate surface area is 43.7 Å².